The van der Waals surface area contributed by atoms with E-state index in [2.05, 4.69) is 32.4 Å². The number of aromatic nitrogens is 2. The predicted octanol–water partition coefficient (Wildman–Crippen LogP) is 3.21. The molecule has 26 heavy (non-hydrogen) atoms. The van der Waals surface area contributed by atoms with Gasteiger partial charge >= 0.3 is 0 Å². The van der Waals surface area contributed by atoms with Gasteiger partial charge in [-0.15, -0.1) is 0 Å². The second-order valence-corrected chi connectivity index (χ2v) is 6.99. The van der Waals surface area contributed by atoms with Crippen LogP contribution in [0.3, 0.4) is 0 Å². The van der Waals surface area contributed by atoms with Gasteiger partial charge in [0, 0.05) is 25.7 Å². The molecule has 0 spiro atoms. The highest BCUT2D eigenvalue weighted by Gasteiger charge is 2.19. The summed E-state index contributed by atoms with van der Waals surface area (Å²) in [5, 5.41) is 6.73. The molecular formula is C19H25N5OS. The van der Waals surface area contributed by atoms with Crippen LogP contribution in [0.5, 0.6) is 5.88 Å². The molecule has 0 aliphatic carbocycles. The van der Waals surface area contributed by atoms with Crippen LogP contribution in [0.2, 0.25) is 0 Å². The highest BCUT2D eigenvalue weighted by Crippen LogP contribution is 2.25. The number of anilines is 2. The molecule has 0 saturated carbocycles. The van der Waals surface area contributed by atoms with Crippen LogP contribution >= 0.6 is 12.2 Å². The lowest BCUT2D eigenvalue weighted by molar-refractivity contribution is 0.396. The molecule has 3 rings (SSSR count). The Kier molecular flexibility index (Phi) is 6.22. The number of methoxy groups -OCH3 is 1. The minimum absolute atomic E-state index is 0.447. The van der Waals surface area contributed by atoms with Gasteiger partial charge in [0.2, 0.25) is 11.8 Å². The second-order valence-electron chi connectivity index (χ2n) is 6.58. The summed E-state index contributed by atoms with van der Waals surface area (Å²) < 4.78 is 5.34. The third-order valence-electron chi connectivity index (χ3n) is 4.40. The van der Waals surface area contributed by atoms with Crippen molar-refractivity contribution >= 4 is 29.1 Å². The fourth-order valence-corrected chi connectivity index (χ4v) is 3.22. The smallest absolute Gasteiger partial charge is 0.234 e. The van der Waals surface area contributed by atoms with Gasteiger partial charge in [-0.3, -0.25) is 0 Å². The summed E-state index contributed by atoms with van der Waals surface area (Å²) in [4.78, 5) is 11.3. The normalized spacial score (nSPS) is 16.8. The van der Waals surface area contributed by atoms with E-state index in [0.29, 0.717) is 29.4 Å². The summed E-state index contributed by atoms with van der Waals surface area (Å²) in [6, 6.07) is 12.0. The summed E-state index contributed by atoms with van der Waals surface area (Å²) in [6.07, 6.45) is 2.44. The Hall–Kier alpha value is -2.41. The summed E-state index contributed by atoms with van der Waals surface area (Å²) in [6.45, 7) is 4.91. The highest BCUT2D eigenvalue weighted by molar-refractivity contribution is 7.80. The van der Waals surface area contributed by atoms with Crippen molar-refractivity contribution < 1.29 is 4.74 Å². The first-order valence-electron chi connectivity index (χ1n) is 8.91. The monoisotopic (exact) mass is 371 g/mol. The Morgan fingerprint density at radius 2 is 2.12 bits per heavy atom. The SMILES string of the molecule is COc1cc(N2CCC[C@@H](C)C2)nc(NC(=S)NCc2ccccc2)n1. The van der Waals surface area contributed by atoms with Crippen LogP contribution in [0.25, 0.3) is 0 Å². The van der Waals surface area contributed by atoms with Crippen LogP contribution in [-0.4, -0.2) is 35.3 Å². The molecule has 0 unspecified atom stereocenters. The number of thiocarbonyl (C=S) groups is 1. The van der Waals surface area contributed by atoms with Gasteiger partial charge in [0.1, 0.15) is 5.82 Å². The van der Waals surface area contributed by atoms with E-state index in [9.17, 15) is 0 Å². The van der Waals surface area contributed by atoms with Crippen molar-refractivity contribution in [2.24, 2.45) is 5.92 Å². The average Bonchev–Trinajstić information content (AvgIpc) is 2.67. The molecule has 2 N–H and O–H groups in total. The highest BCUT2D eigenvalue weighted by atomic mass is 32.1. The van der Waals surface area contributed by atoms with Crippen LogP contribution in [0.1, 0.15) is 25.3 Å². The topological polar surface area (TPSA) is 62.3 Å². The average molecular weight is 372 g/mol. The molecule has 6 nitrogen and oxygen atoms in total. The van der Waals surface area contributed by atoms with E-state index < -0.39 is 0 Å². The van der Waals surface area contributed by atoms with Gasteiger partial charge in [0.15, 0.2) is 5.11 Å². The van der Waals surface area contributed by atoms with Crippen molar-refractivity contribution in [2.45, 2.75) is 26.3 Å². The standard InChI is InChI=1S/C19H25N5OS/c1-14-7-6-10-24(13-14)16-11-17(25-2)22-18(21-16)23-19(26)20-12-15-8-4-3-5-9-15/h3-5,8-9,11,14H,6-7,10,12-13H2,1-2H3,(H2,20,21,22,23,26)/t14-/m1/s1. The van der Waals surface area contributed by atoms with E-state index in [4.69, 9.17) is 17.0 Å². The molecule has 1 aliphatic heterocycles. The van der Waals surface area contributed by atoms with Crippen molar-refractivity contribution in [1.82, 2.24) is 15.3 Å². The summed E-state index contributed by atoms with van der Waals surface area (Å²) in [5.41, 5.74) is 1.16. The molecule has 7 heteroatoms. The van der Waals surface area contributed by atoms with Gasteiger partial charge in [0.05, 0.1) is 7.11 Å². The van der Waals surface area contributed by atoms with Crippen LogP contribution in [0, 0.1) is 5.92 Å². The molecule has 2 aromatic rings. The van der Waals surface area contributed by atoms with Gasteiger partial charge in [-0.25, -0.2) is 0 Å². The first-order valence-corrected chi connectivity index (χ1v) is 9.31. The zero-order valence-corrected chi connectivity index (χ0v) is 16.1. The molecule has 1 fully saturated rings. The summed E-state index contributed by atoms with van der Waals surface area (Å²) >= 11 is 5.38. The van der Waals surface area contributed by atoms with Gasteiger partial charge in [-0.05, 0) is 36.5 Å². The number of piperidine rings is 1. The molecule has 0 bridgehead atoms. The fourth-order valence-electron chi connectivity index (χ4n) is 3.06. The molecule has 1 aliphatic rings. The first kappa shape index (κ1) is 18.4. The van der Waals surface area contributed by atoms with Gasteiger partial charge in [-0.1, -0.05) is 37.3 Å². The van der Waals surface area contributed by atoms with E-state index in [1.54, 1.807) is 7.11 Å². The Morgan fingerprint density at radius 1 is 1.31 bits per heavy atom. The Labute approximate surface area is 160 Å². The molecule has 1 aromatic carbocycles. The molecule has 1 aromatic heterocycles. The third kappa shape index (κ3) is 5.05. The lowest BCUT2D eigenvalue weighted by atomic mass is 10.0. The van der Waals surface area contributed by atoms with Gasteiger partial charge in [0.25, 0.3) is 0 Å². The molecule has 0 amide bonds. The van der Waals surface area contributed by atoms with E-state index in [1.807, 2.05) is 36.4 Å². The van der Waals surface area contributed by atoms with E-state index in [-0.39, 0.29) is 0 Å². The molecular weight excluding hydrogens is 346 g/mol. The van der Waals surface area contributed by atoms with Crippen molar-refractivity contribution in [3.8, 4) is 5.88 Å². The first-order chi connectivity index (χ1) is 12.6. The number of rotatable bonds is 5. The van der Waals surface area contributed by atoms with Crippen LogP contribution < -0.4 is 20.3 Å². The van der Waals surface area contributed by atoms with Crippen molar-refractivity contribution in [3.63, 3.8) is 0 Å². The lowest BCUT2D eigenvalue weighted by Crippen LogP contribution is -2.35. The Balaban J connectivity index is 1.66. The van der Waals surface area contributed by atoms with Gasteiger partial charge < -0.3 is 20.3 Å². The Bertz CT molecular complexity index is 740. The van der Waals surface area contributed by atoms with Crippen molar-refractivity contribution in [3.05, 3.63) is 42.0 Å². The number of benzene rings is 1. The Morgan fingerprint density at radius 3 is 2.85 bits per heavy atom. The summed E-state index contributed by atoms with van der Waals surface area (Å²) in [5.74, 6) is 2.51. The third-order valence-corrected chi connectivity index (χ3v) is 4.65. The molecule has 0 radical (unpaired) electrons. The molecule has 1 atom stereocenters. The molecule has 1 saturated heterocycles. The molecule has 138 valence electrons. The number of nitrogens with one attached hydrogen (secondary N) is 2. The second kappa shape index (κ2) is 8.80. The zero-order valence-electron chi connectivity index (χ0n) is 15.2. The maximum atomic E-state index is 5.38. The maximum absolute atomic E-state index is 5.38. The zero-order chi connectivity index (χ0) is 18.4. The predicted molar refractivity (Wildman–Crippen MR) is 109 cm³/mol. The van der Waals surface area contributed by atoms with Crippen molar-refractivity contribution in [2.75, 3.05) is 30.4 Å². The van der Waals surface area contributed by atoms with E-state index in [0.717, 1.165) is 24.5 Å². The fraction of sp³-hybridized carbons (Fsp3) is 0.421. The maximum Gasteiger partial charge on any atom is 0.234 e. The number of hydrogen-bond donors (Lipinski definition) is 2. The van der Waals surface area contributed by atoms with E-state index >= 15 is 0 Å². The number of hydrogen-bond acceptors (Lipinski definition) is 5. The number of nitrogens with zero attached hydrogens (tertiary/aromatic N) is 3. The van der Waals surface area contributed by atoms with Crippen LogP contribution in [-0.2, 0) is 6.54 Å². The lowest BCUT2D eigenvalue weighted by Gasteiger charge is -2.32. The minimum atomic E-state index is 0.447. The largest absolute Gasteiger partial charge is 0.481 e. The van der Waals surface area contributed by atoms with E-state index in [1.165, 1.54) is 12.8 Å². The number of ether oxygens (including phenoxy) is 1. The van der Waals surface area contributed by atoms with Crippen molar-refractivity contribution in [1.29, 1.82) is 0 Å². The quantitative estimate of drug-likeness (QED) is 0.783. The van der Waals surface area contributed by atoms with Gasteiger partial charge in [-0.2, -0.15) is 9.97 Å². The summed E-state index contributed by atoms with van der Waals surface area (Å²) in [7, 11) is 1.61. The van der Waals surface area contributed by atoms with Crippen LogP contribution in [0.4, 0.5) is 11.8 Å². The van der Waals surface area contributed by atoms with Crippen LogP contribution in [0.15, 0.2) is 36.4 Å². The minimum Gasteiger partial charge on any atom is -0.481 e. The molecule has 2 heterocycles.